The maximum atomic E-state index is 8.82. The number of aliphatic hydroxyl groups is 1. The molecule has 0 bridgehead atoms. The van der Waals surface area contributed by atoms with Crippen LogP contribution >= 0.6 is 0 Å². The molecular formula is C15H22N2O. The van der Waals surface area contributed by atoms with E-state index in [1.165, 1.54) is 22.2 Å². The van der Waals surface area contributed by atoms with Crippen LogP contribution in [0.15, 0.2) is 24.3 Å². The second-order valence-corrected chi connectivity index (χ2v) is 4.90. The first kappa shape index (κ1) is 13.1. The number of hydrogen-bond acceptors (Lipinski definition) is 2. The van der Waals surface area contributed by atoms with Crippen molar-refractivity contribution in [2.45, 2.75) is 19.8 Å². The van der Waals surface area contributed by atoms with E-state index in [1.54, 1.807) is 0 Å². The fraction of sp³-hybridized carbons (Fsp3) is 0.467. The lowest BCUT2D eigenvalue weighted by Crippen LogP contribution is -2.23. The summed E-state index contributed by atoms with van der Waals surface area (Å²) >= 11 is 0. The second-order valence-electron chi connectivity index (χ2n) is 4.90. The van der Waals surface area contributed by atoms with Crippen molar-refractivity contribution in [2.24, 2.45) is 0 Å². The maximum Gasteiger partial charge on any atom is 0.0458 e. The molecule has 2 N–H and O–H groups in total. The lowest BCUT2D eigenvalue weighted by atomic mass is 10.1. The molecule has 0 amide bonds. The van der Waals surface area contributed by atoms with E-state index in [-0.39, 0.29) is 6.61 Å². The van der Waals surface area contributed by atoms with Crippen LogP contribution < -0.4 is 0 Å². The molecule has 3 heteroatoms. The van der Waals surface area contributed by atoms with E-state index < -0.39 is 0 Å². The molecule has 0 aliphatic heterocycles. The Kier molecular flexibility index (Phi) is 4.39. The largest absolute Gasteiger partial charge is 0.396 e. The summed E-state index contributed by atoms with van der Waals surface area (Å²) in [6.07, 6.45) is 1.90. The van der Waals surface area contributed by atoms with Crippen LogP contribution in [0.3, 0.4) is 0 Å². The quantitative estimate of drug-likeness (QED) is 0.821. The van der Waals surface area contributed by atoms with Gasteiger partial charge in [-0.15, -0.1) is 0 Å². The standard InChI is InChI=1S/C15H22N2O/c1-12-13(8-10-17(2)9-5-11-18)14-6-3-4-7-15(14)16-12/h3-4,6-7,16,18H,5,8-11H2,1-2H3. The molecule has 1 heterocycles. The van der Waals surface area contributed by atoms with Gasteiger partial charge in [0.25, 0.3) is 0 Å². The molecule has 0 unspecified atom stereocenters. The molecule has 2 rings (SSSR count). The molecule has 98 valence electrons. The van der Waals surface area contributed by atoms with Crippen molar-refractivity contribution in [2.75, 3.05) is 26.7 Å². The molecule has 0 spiro atoms. The van der Waals surface area contributed by atoms with E-state index in [9.17, 15) is 0 Å². The molecule has 3 nitrogen and oxygen atoms in total. The maximum absolute atomic E-state index is 8.82. The third-order valence-corrected chi connectivity index (χ3v) is 3.47. The summed E-state index contributed by atoms with van der Waals surface area (Å²) in [4.78, 5) is 5.71. The van der Waals surface area contributed by atoms with Gasteiger partial charge in [0.15, 0.2) is 0 Å². The van der Waals surface area contributed by atoms with E-state index in [2.05, 4.69) is 48.1 Å². The van der Waals surface area contributed by atoms with Crippen LogP contribution in [0.2, 0.25) is 0 Å². The van der Waals surface area contributed by atoms with Crippen molar-refractivity contribution in [3.8, 4) is 0 Å². The fourth-order valence-electron chi connectivity index (χ4n) is 2.41. The fourth-order valence-corrected chi connectivity index (χ4v) is 2.41. The molecule has 18 heavy (non-hydrogen) atoms. The van der Waals surface area contributed by atoms with Crippen molar-refractivity contribution in [3.63, 3.8) is 0 Å². The minimum Gasteiger partial charge on any atom is -0.396 e. The number of aromatic amines is 1. The highest BCUT2D eigenvalue weighted by Gasteiger charge is 2.08. The third kappa shape index (κ3) is 2.92. The molecule has 0 saturated carbocycles. The monoisotopic (exact) mass is 246 g/mol. The molecular weight excluding hydrogens is 224 g/mol. The number of para-hydroxylation sites is 1. The van der Waals surface area contributed by atoms with Gasteiger partial charge < -0.3 is 15.0 Å². The van der Waals surface area contributed by atoms with Crippen LogP contribution in [0.1, 0.15) is 17.7 Å². The van der Waals surface area contributed by atoms with E-state index in [0.29, 0.717) is 0 Å². The zero-order valence-electron chi connectivity index (χ0n) is 11.2. The molecule has 0 aliphatic rings. The highest BCUT2D eigenvalue weighted by Crippen LogP contribution is 2.22. The number of likely N-dealkylation sites (N-methyl/N-ethyl adjacent to an activating group) is 1. The molecule has 1 aromatic carbocycles. The van der Waals surface area contributed by atoms with Gasteiger partial charge in [-0.3, -0.25) is 0 Å². The van der Waals surface area contributed by atoms with Crippen molar-refractivity contribution in [1.29, 1.82) is 0 Å². The minimum atomic E-state index is 0.274. The molecule has 0 radical (unpaired) electrons. The SMILES string of the molecule is Cc1[nH]c2ccccc2c1CCN(C)CCCO. The van der Waals surface area contributed by atoms with Crippen LogP contribution in [0.25, 0.3) is 10.9 Å². The Bertz CT molecular complexity index is 504. The van der Waals surface area contributed by atoms with Crippen LogP contribution in [-0.4, -0.2) is 41.7 Å². The molecule has 2 aromatic rings. The number of nitrogens with zero attached hydrogens (tertiary/aromatic N) is 1. The predicted octanol–water partition coefficient (Wildman–Crippen LogP) is 2.33. The average molecular weight is 246 g/mol. The van der Waals surface area contributed by atoms with Gasteiger partial charge in [0.2, 0.25) is 0 Å². The average Bonchev–Trinajstić information content (AvgIpc) is 2.69. The van der Waals surface area contributed by atoms with Crippen molar-refractivity contribution in [3.05, 3.63) is 35.5 Å². The third-order valence-electron chi connectivity index (χ3n) is 3.47. The minimum absolute atomic E-state index is 0.274. The number of rotatable bonds is 6. The van der Waals surface area contributed by atoms with E-state index in [0.717, 1.165) is 25.9 Å². The predicted molar refractivity (Wildman–Crippen MR) is 75.9 cm³/mol. The summed E-state index contributed by atoms with van der Waals surface area (Å²) in [5.74, 6) is 0. The van der Waals surface area contributed by atoms with Crippen molar-refractivity contribution < 1.29 is 5.11 Å². The number of hydrogen-bond donors (Lipinski definition) is 2. The lowest BCUT2D eigenvalue weighted by molar-refractivity contribution is 0.248. The van der Waals surface area contributed by atoms with E-state index in [4.69, 9.17) is 5.11 Å². The van der Waals surface area contributed by atoms with Gasteiger partial charge in [0.05, 0.1) is 0 Å². The molecule has 0 saturated heterocycles. The number of H-pyrrole nitrogens is 1. The van der Waals surface area contributed by atoms with Gasteiger partial charge in [0, 0.05) is 36.3 Å². The van der Waals surface area contributed by atoms with Gasteiger partial charge in [-0.2, -0.15) is 0 Å². The smallest absolute Gasteiger partial charge is 0.0458 e. The Morgan fingerprint density at radius 2 is 2.00 bits per heavy atom. The number of fused-ring (bicyclic) bond motifs is 1. The Morgan fingerprint density at radius 1 is 1.22 bits per heavy atom. The lowest BCUT2D eigenvalue weighted by Gasteiger charge is -2.15. The van der Waals surface area contributed by atoms with Crippen LogP contribution in [-0.2, 0) is 6.42 Å². The van der Waals surface area contributed by atoms with Gasteiger partial charge in [-0.05, 0) is 38.4 Å². The van der Waals surface area contributed by atoms with Crippen molar-refractivity contribution >= 4 is 10.9 Å². The van der Waals surface area contributed by atoms with Gasteiger partial charge >= 0.3 is 0 Å². The summed E-state index contributed by atoms with van der Waals surface area (Å²) in [5.41, 5.74) is 3.91. The summed E-state index contributed by atoms with van der Waals surface area (Å²) < 4.78 is 0. The number of nitrogens with one attached hydrogen (secondary N) is 1. The topological polar surface area (TPSA) is 39.3 Å². The number of aromatic nitrogens is 1. The Hall–Kier alpha value is -1.32. The van der Waals surface area contributed by atoms with Crippen LogP contribution in [0.5, 0.6) is 0 Å². The van der Waals surface area contributed by atoms with Gasteiger partial charge in [-0.25, -0.2) is 0 Å². The molecule has 0 fully saturated rings. The Labute approximate surface area is 108 Å². The number of aliphatic hydroxyl groups excluding tert-OH is 1. The highest BCUT2D eigenvalue weighted by atomic mass is 16.3. The summed E-state index contributed by atoms with van der Waals surface area (Å²) in [5, 5.41) is 10.2. The van der Waals surface area contributed by atoms with Gasteiger partial charge in [0.1, 0.15) is 0 Å². The van der Waals surface area contributed by atoms with Gasteiger partial charge in [-0.1, -0.05) is 18.2 Å². The molecule has 0 aliphatic carbocycles. The number of benzene rings is 1. The second kappa shape index (κ2) is 6.03. The Morgan fingerprint density at radius 3 is 2.78 bits per heavy atom. The molecule has 0 atom stereocenters. The van der Waals surface area contributed by atoms with Crippen molar-refractivity contribution in [1.82, 2.24) is 9.88 Å². The summed E-state index contributed by atoms with van der Waals surface area (Å²) in [7, 11) is 2.11. The Balaban J connectivity index is 2.05. The summed E-state index contributed by atoms with van der Waals surface area (Å²) in [6, 6.07) is 8.47. The molecule has 1 aromatic heterocycles. The normalized spacial score (nSPS) is 11.6. The van der Waals surface area contributed by atoms with Crippen LogP contribution in [0, 0.1) is 6.92 Å². The first-order valence-corrected chi connectivity index (χ1v) is 6.58. The number of aryl methyl sites for hydroxylation is 1. The van der Waals surface area contributed by atoms with E-state index in [1.807, 2.05) is 0 Å². The first-order valence-electron chi connectivity index (χ1n) is 6.58. The van der Waals surface area contributed by atoms with E-state index >= 15 is 0 Å². The zero-order valence-corrected chi connectivity index (χ0v) is 11.2. The van der Waals surface area contributed by atoms with Crippen LogP contribution in [0.4, 0.5) is 0 Å². The first-order chi connectivity index (χ1) is 8.72. The highest BCUT2D eigenvalue weighted by molar-refractivity contribution is 5.84. The summed E-state index contributed by atoms with van der Waals surface area (Å²) in [6.45, 7) is 4.40. The zero-order chi connectivity index (χ0) is 13.0.